The standard InChI is InChI=1S/C12H12N2O2/c1-3-4-16-12-6-10-9(5-11(12)15-2)7-13-8-14-10/h3,5-8H,1,4H2,2H3. The molecule has 16 heavy (non-hydrogen) atoms. The molecule has 1 aromatic carbocycles. The second-order valence-corrected chi connectivity index (χ2v) is 3.18. The van der Waals surface area contributed by atoms with E-state index in [1.54, 1.807) is 19.4 Å². The lowest BCUT2D eigenvalue weighted by Gasteiger charge is -2.09. The van der Waals surface area contributed by atoms with Crippen molar-refractivity contribution in [2.45, 2.75) is 0 Å². The van der Waals surface area contributed by atoms with Gasteiger partial charge in [0, 0.05) is 17.6 Å². The summed E-state index contributed by atoms with van der Waals surface area (Å²) in [5, 5.41) is 0.922. The fourth-order valence-electron chi connectivity index (χ4n) is 1.41. The summed E-state index contributed by atoms with van der Waals surface area (Å²) in [6.45, 7) is 4.04. The zero-order chi connectivity index (χ0) is 11.4. The van der Waals surface area contributed by atoms with Crippen LogP contribution in [0, 0.1) is 0 Å². The lowest BCUT2D eigenvalue weighted by Crippen LogP contribution is -1.96. The van der Waals surface area contributed by atoms with E-state index in [4.69, 9.17) is 9.47 Å². The highest BCUT2D eigenvalue weighted by Gasteiger charge is 2.06. The molecule has 2 aromatic rings. The summed E-state index contributed by atoms with van der Waals surface area (Å²) < 4.78 is 10.7. The zero-order valence-corrected chi connectivity index (χ0v) is 9.01. The fourth-order valence-corrected chi connectivity index (χ4v) is 1.41. The summed E-state index contributed by atoms with van der Waals surface area (Å²) in [6.07, 6.45) is 4.93. The first-order valence-corrected chi connectivity index (χ1v) is 4.86. The van der Waals surface area contributed by atoms with Crippen LogP contribution in [0.3, 0.4) is 0 Å². The molecule has 4 heteroatoms. The molecule has 0 saturated heterocycles. The molecule has 0 amide bonds. The maximum Gasteiger partial charge on any atom is 0.163 e. The quantitative estimate of drug-likeness (QED) is 0.735. The highest BCUT2D eigenvalue weighted by Crippen LogP contribution is 2.31. The van der Waals surface area contributed by atoms with Gasteiger partial charge in [-0.25, -0.2) is 9.97 Å². The van der Waals surface area contributed by atoms with Gasteiger partial charge in [-0.3, -0.25) is 0 Å². The van der Waals surface area contributed by atoms with Crippen molar-refractivity contribution >= 4 is 10.9 Å². The molecule has 0 atom stereocenters. The normalized spacial score (nSPS) is 10.1. The Morgan fingerprint density at radius 2 is 2.25 bits per heavy atom. The van der Waals surface area contributed by atoms with Crippen LogP contribution in [0.4, 0.5) is 0 Å². The van der Waals surface area contributed by atoms with E-state index in [1.807, 2.05) is 12.1 Å². The largest absolute Gasteiger partial charge is 0.493 e. The first-order valence-electron chi connectivity index (χ1n) is 4.86. The molecule has 82 valence electrons. The number of ether oxygens (including phenoxy) is 2. The molecule has 0 radical (unpaired) electrons. The molecule has 0 bridgehead atoms. The summed E-state index contributed by atoms with van der Waals surface area (Å²) in [6, 6.07) is 3.69. The number of aromatic nitrogens is 2. The van der Waals surface area contributed by atoms with E-state index >= 15 is 0 Å². The number of rotatable bonds is 4. The summed E-state index contributed by atoms with van der Waals surface area (Å²) in [4.78, 5) is 8.11. The molecule has 0 N–H and O–H groups in total. The third-order valence-corrected chi connectivity index (χ3v) is 2.15. The highest BCUT2D eigenvalue weighted by atomic mass is 16.5. The Bertz CT molecular complexity index is 511. The van der Waals surface area contributed by atoms with Crippen LogP contribution in [-0.4, -0.2) is 23.7 Å². The van der Waals surface area contributed by atoms with Crippen LogP contribution in [0.25, 0.3) is 10.9 Å². The monoisotopic (exact) mass is 216 g/mol. The number of hydrogen-bond acceptors (Lipinski definition) is 4. The second kappa shape index (κ2) is 4.61. The van der Waals surface area contributed by atoms with Crippen molar-refractivity contribution in [1.29, 1.82) is 0 Å². The minimum atomic E-state index is 0.437. The van der Waals surface area contributed by atoms with E-state index in [0.29, 0.717) is 18.1 Å². The van der Waals surface area contributed by atoms with Gasteiger partial charge in [0.2, 0.25) is 0 Å². The van der Waals surface area contributed by atoms with Crippen molar-refractivity contribution in [2.24, 2.45) is 0 Å². The van der Waals surface area contributed by atoms with Crippen LogP contribution in [0.1, 0.15) is 0 Å². The molecule has 0 unspecified atom stereocenters. The molecular formula is C12H12N2O2. The molecule has 4 nitrogen and oxygen atoms in total. The van der Waals surface area contributed by atoms with E-state index in [2.05, 4.69) is 16.5 Å². The first-order chi connectivity index (χ1) is 7.85. The summed E-state index contributed by atoms with van der Waals surface area (Å²) in [7, 11) is 1.60. The fraction of sp³-hybridized carbons (Fsp3) is 0.167. The third-order valence-electron chi connectivity index (χ3n) is 2.15. The van der Waals surface area contributed by atoms with Gasteiger partial charge in [-0.15, -0.1) is 0 Å². The van der Waals surface area contributed by atoms with Gasteiger partial charge < -0.3 is 9.47 Å². The van der Waals surface area contributed by atoms with Crippen LogP contribution in [-0.2, 0) is 0 Å². The minimum Gasteiger partial charge on any atom is -0.493 e. The van der Waals surface area contributed by atoms with Crippen LogP contribution >= 0.6 is 0 Å². The maximum absolute atomic E-state index is 5.48. The molecule has 2 rings (SSSR count). The van der Waals surface area contributed by atoms with Crippen molar-refractivity contribution in [2.75, 3.05) is 13.7 Å². The van der Waals surface area contributed by atoms with Gasteiger partial charge >= 0.3 is 0 Å². The van der Waals surface area contributed by atoms with Crippen LogP contribution in [0.15, 0.2) is 37.3 Å². The molecule has 0 aliphatic rings. The molecule has 1 aromatic heterocycles. The van der Waals surface area contributed by atoms with Crippen LogP contribution in [0.5, 0.6) is 11.5 Å². The van der Waals surface area contributed by atoms with Crippen molar-refractivity contribution in [3.8, 4) is 11.5 Å². The molecule has 0 fully saturated rings. The van der Waals surface area contributed by atoms with Gasteiger partial charge in [0.1, 0.15) is 12.9 Å². The minimum absolute atomic E-state index is 0.437. The highest BCUT2D eigenvalue weighted by molar-refractivity contribution is 5.81. The van der Waals surface area contributed by atoms with Gasteiger partial charge in [-0.05, 0) is 6.07 Å². The zero-order valence-electron chi connectivity index (χ0n) is 9.01. The van der Waals surface area contributed by atoms with E-state index < -0.39 is 0 Å². The number of nitrogens with zero attached hydrogens (tertiary/aromatic N) is 2. The van der Waals surface area contributed by atoms with E-state index in [0.717, 1.165) is 10.9 Å². The van der Waals surface area contributed by atoms with Gasteiger partial charge in [-0.2, -0.15) is 0 Å². The Morgan fingerprint density at radius 1 is 1.38 bits per heavy atom. The van der Waals surface area contributed by atoms with Gasteiger partial charge in [0.05, 0.1) is 12.6 Å². The number of benzene rings is 1. The average Bonchev–Trinajstić information content (AvgIpc) is 2.35. The molecular weight excluding hydrogens is 204 g/mol. The lowest BCUT2D eigenvalue weighted by atomic mass is 10.2. The molecule has 0 spiro atoms. The third kappa shape index (κ3) is 1.95. The molecule has 1 heterocycles. The summed E-state index contributed by atoms with van der Waals surface area (Å²) >= 11 is 0. The number of fused-ring (bicyclic) bond motifs is 1. The van der Waals surface area contributed by atoms with E-state index in [-0.39, 0.29) is 0 Å². The predicted octanol–water partition coefficient (Wildman–Crippen LogP) is 2.20. The Balaban J connectivity index is 2.49. The van der Waals surface area contributed by atoms with Crippen molar-refractivity contribution in [3.63, 3.8) is 0 Å². The SMILES string of the molecule is C=CCOc1cc2ncncc2cc1OC. The number of methoxy groups -OCH3 is 1. The Kier molecular flexibility index (Phi) is 3.00. The predicted molar refractivity (Wildman–Crippen MR) is 61.8 cm³/mol. The average molecular weight is 216 g/mol. The van der Waals surface area contributed by atoms with Crippen molar-refractivity contribution in [1.82, 2.24) is 9.97 Å². The Hall–Kier alpha value is -2.10. The molecule has 0 aliphatic heterocycles. The van der Waals surface area contributed by atoms with E-state index in [9.17, 15) is 0 Å². The lowest BCUT2D eigenvalue weighted by molar-refractivity contribution is 0.327. The molecule has 0 aliphatic carbocycles. The number of hydrogen-bond donors (Lipinski definition) is 0. The first kappa shape index (κ1) is 10.4. The van der Waals surface area contributed by atoms with Crippen molar-refractivity contribution < 1.29 is 9.47 Å². The van der Waals surface area contributed by atoms with Crippen LogP contribution < -0.4 is 9.47 Å². The second-order valence-electron chi connectivity index (χ2n) is 3.18. The topological polar surface area (TPSA) is 44.2 Å². The van der Waals surface area contributed by atoms with E-state index in [1.165, 1.54) is 6.33 Å². The Labute approximate surface area is 93.5 Å². The summed E-state index contributed by atoms with van der Waals surface area (Å²) in [5.74, 6) is 1.33. The molecule has 0 saturated carbocycles. The smallest absolute Gasteiger partial charge is 0.163 e. The van der Waals surface area contributed by atoms with Crippen LogP contribution in [0.2, 0.25) is 0 Å². The van der Waals surface area contributed by atoms with Gasteiger partial charge in [0.25, 0.3) is 0 Å². The van der Waals surface area contributed by atoms with Crippen molar-refractivity contribution in [3.05, 3.63) is 37.3 Å². The summed E-state index contributed by atoms with van der Waals surface area (Å²) in [5.41, 5.74) is 0.829. The van der Waals surface area contributed by atoms with Gasteiger partial charge in [-0.1, -0.05) is 12.7 Å². The van der Waals surface area contributed by atoms with Gasteiger partial charge in [0.15, 0.2) is 11.5 Å². The Morgan fingerprint density at radius 3 is 3.00 bits per heavy atom. The maximum atomic E-state index is 5.48.